The van der Waals surface area contributed by atoms with Crippen LogP contribution in [0.4, 0.5) is 0 Å². The molecule has 0 aliphatic heterocycles. The second kappa shape index (κ2) is 14.4. The van der Waals surface area contributed by atoms with Gasteiger partial charge in [-0.2, -0.15) is 0 Å². The standard InChI is InChI=1S/C17H22Cl2N4O4S.C4H10/c1-17(2,3)14(16(25)20-4)21-13(24)8-12(15(22-26)23-27)28-11-6-9(18)5-10(19)7-11;1-4(2)3/h5-7,12,14-15H,8H2,1-4H3,(H,20,25)(H,21,24);4H,1-3H3/t12?,14-;/m1./s1. The highest BCUT2D eigenvalue weighted by Gasteiger charge is 2.34. The quantitative estimate of drug-likeness (QED) is 0.331. The van der Waals surface area contributed by atoms with Crippen LogP contribution in [0.5, 0.6) is 0 Å². The van der Waals surface area contributed by atoms with E-state index in [4.69, 9.17) is 23.2 Å². The minimum Gasteiger partial charge on any atom is -0.357 e. The number of thioether (sulfide) groups is 1. The van der Waals surface area contributed by atoms with E-state index < -0.39 is 28.8 Å². The van der Waals surface area contributed by atoms with Crippen LogP contribution in [0.2, 0.25) is 10.0 Å². The van der Waals surface area contributed by atoms with Crippen LogP contribution in [-0.2, 0) is 9.59 Å². The maximum atomic E-state index is 12.5. The molecule has 0 aliphatic carbocycles. The summed E-state index contributed by atoms with van der Waals surface area (Å²) >= 11 is 13.0. The van der Waals surface area contributed by atoms with Gasteiger partial charge in [0.2, 0.25) is 18.0 Å². The van der Waals surface area contributed by atoms with E-state index in [1.165, 1.54) is 13.1 Å². The molecule has 11 heteroatoms. The number of nitrogens with one attached hydrogen (secondary N) is 2. The van der Waals surface area contributed by atoms with E-state index in [1.54, 1.807) is 32.9 Å². The summed E-state index contributed by atoms with van der Waals surface area (Å²) < 4.78 is 0. The molecule has 0 saturated carbocycles. The fraction of sp³-hybridized carbons (Fsp3) is 0.619. The van der Waals surface area contributed by atoms with Crippen molar-refractivity contribution in [3.63, 3.8) is 0 Å². The van der Waals surface area contributed by atoms with Gasteiger partial charge < -0.3 is 10.6 Å². The molecule has 1 aromatic carbocycles. The van der Waals surface area contributed by atoms with Crippen LogP contribution < -0.4 is 10.6 Å². The second-order valence-electron chi connectivity index (χ2n) is 8.80. The fourth-order valence-corrected chi connectivity index (χ4v) is 4.21. The van der Waals surface area contributed by atoms with Crippen molar-refractivity contribution in [3.05, 3.63) is 38.1 Å². The van der Waals surface area contributed by atoms with Crippen molar-refractivity contribution in [1.82, 2.24) is 10.6 Å². The molecule has 2 amide bonds. The van der Waals surface area contributed by atoms with Gasteiger partial charge in [-0.15, -0.1) is 21.6 Å². The summed E-state index contributed by atoms with van der Waals surface area (Å²) in [5.41, 5.74) is -0.551. The van der Waals surface area contributed by atoms with E-state index in [9.17, 15) is 19.4 Å². The molecule has 0 saturated heterocycles. The summed E-state index contributed by atoms with van der Waals surface area (Å²) in [5, 5.41) is 10.4. The minimum atomic E-state index is -1.50. The number of benzene rings is 1. The predicted octanol–water partition coefficient (Wildman–Crippen LogP) is 5.64. The second-order valence-corrected chi connectivity index (χ2v) is 11.0. The zero-order valence-corrected chi connectivity index (χ0v) is 21.8. The number of halogens is 2. The average Bonchev–Trinajstić information content (AvgIpc) is 2.64. The third kappa shape index (κ3) is 11.8. The Morgan fingerprint density at radius 1 is 1.03 bits per heavy atom. The summed E-state index contributed by atoms with van der Waals surface area (Å²) in [6.45, 7) is 11.9. The van der Waals surface area contributed by atoms with Gasteiger partial charge in [0.1, 0.15) is 6.04 Å². The molecule has 0 aromatic heterocycles. The zero-order valence-electron chi connectivity index (χ0n) is 19.4. The Balaban J connectivity index is 0.00000220. The highest BCUT2D eigenvalue weighted by molar-refractivity contribution is 8.00. The lowest BCUT2D eigenvalue weighted by Crippen LogP contribution is -2.53. The van der Waals surface area contributed by atoms with Gasteiger partial charge in [-0.3, -0.25) is 9.59 Å². The number of hydrogen-bond acceptors (Lipinski definition) is 7. The molecular formula is C21H32Cl2N4O4S. The van der Waals surface area contributed by atoms with Crippen molar-refractivity contribution in [2.45, 2.75) is 70.3 Å². The number of nitrogens with zero attached hydrogens (tertiary/aromatic N) is 2. The molecule has 0 fully saturated rings. The smallest absolute Gasteiger partial charge is 0.242 e. The molecule has 0 spiro atoms. The van der Waals surface area contributed by atoms with Crippen molar-refractivity contribution in [3.8, 4) is 0 Å². The number of carbonyl (C=O) groups excluding carboxylic acids is 2. The summed E-state index contributed by atoms with van der Waals surface area (Å²) in [7, 11) is 1.47. The predicted molar refractivity (Wildman–Crippen MR) is 132 cm³/mol. The van der Waals surface area contributed by atoms with Crippen LogP contribution in [0, 0.1) is 21.1 Å². The molecule has 180 valence electrons. The van der Waals surface area contributed by atoms with Crippen LogP contribution in [-0.4, -0.2) is 36.3 Å². The maximum Gasteiger partial charge on any atom is 0.242 e. The van der Waals surface area contributed by atoms with Crippen molar-refractivity contribution in [2.75, 3.05) is 7.05 Å². The molecule has 2 atom stereocenters. The van der Waals surface area contributed by atoms with Crippen molar-refractivity contribution >= 4 is 46.8 Å². The Labute approximate surface area is 203 Å². The first-order valence-electron chi connectivity index (χ1n) is 10.0. The van der Waals surface area contributed by atoms with Crippen molar-refractivity contribution in [2.24, 2.45) is 21.7 Å². The molecule has 0 heterocycles. The summed E-state index contributed by atoms with van der Waals surface area (Å²) in [6.07, 6.45) is -1.76. The molecule has 0 bridgehead atoms. The number of rotatable bonds is 9. The zero-order chi connectivity index (χ0) is 25.1. The van der Waals surface area contributed by atoms with Crippen LogP contribution in [0.15, 0.2) is 33.4 Å². The van der Waals surface area contributed by atoms with Gasteiger partial charge >= 0.3 is 0 Å². The monoisotopic (exact) mass is 506 g/mol. The molecule has 8 nitrogen and oxygen atoms in total. The van der Waals surface area contributed by atoms with E-state index in [-0.39, 0.29) is 12.3 Å². The number of nitroso groups, excluding NO2 is 2. The lowest BCUT2D eigenvalue weighted by Gasteiger charge is -2.30. The van der Waals surface area contributed by atoms with Gasteiger partial charge in [0.25, 0.3) is 0 Å². The van der Waals surface area contributed by atoms with Crippen molar-refractivity contribution < 1.29 is 9.59 Å². The Hall–Kier alpha value is -1.71. The van der Waals surface area contributed by atoms with E-state index in [1.807, 2.05) is 0 Å². The lowest BCUT2D eigenvalue weighted by atomic mass is 9.86. The number of hydrogen-bond donors (Lipinski definition) is 2. The van der Waals surface area contributed by atoms with Gasteiger partial charge in [-0.1, -0.05) is 64.7 Å². The third-order valence-corrected chi connectivity index (χ3v) is 5.40. The highest BCUT2D eigenvalue weighted by atomic mass is 35.5. The number of carbonyl (C=O) groups is 2. The minimum absolute atomic E-state index is 0.263. The van der Waals surface area contributed by atoms with Crippen LogP contribution in [0.3, 0.4) is 0 Å². The first kappa shape index (κ1) is 30.3. The van der Waals surface area contributed by atoms with Crippen molar-refractivity contribution in [1.29, 1.82) is 0 Å². The molecule has 1 unspecified atom stereocenters. The third-order valence-electron chi connectivity index (χ3n) is 3.74. The molecule has 1 rings (SSSR count). The largest absolute Gasteiger partial charge is 0.357 e. The summed E-state index contributed by atoms with van der Waals surface area (Å²) in [6, 6.07) is 3.89. The van der Waals surface area contributed by atoms with E-state index in [0.29, 0.717) is 14.9 Å². The molecule has 32 heavy (non-hydrogen) atoms. The normalized spacial score (nSPS) is 13.0. The topological polar surface area (TPSA) is 117 Å². The van der Waals surface area contributed by atoms with E-state index in [2.05, 4.69) is 41.8 Å². The summed E-state index contributed by atoms with van der Waals surface area (Å²) in [5.74, 6) is -0.0447. The Morgan fingerprint density at radius 3 is 1.88 bits per heavy atom. The van der Waals surface area contributed by atoms with Crippen LogP contribution in [0.25, 0.3) is 0 Å². The Morgan fingerprint density at radius 2 is 1.50 bits per heavy atom. The number of likely N-dealkylation sites (N-methyl/N-ethyl adjacent to an activating group) is 1. The van der Waals surface area contributed by atoms with Crippen LogP contribution >= 0.6 is 35.0 Å². The summed E-state index contributed by atoms with van der Waals surface area (Å²) in [4.78, 5) is 47.2. The fourth-order valence-electron chi connectivity index (χ4n) is 2.36. The van der Waals surface area contributed by atoms with E-state index in [0.717, 1.165) is 17.7 Å². The molecular weight excluding hydrogens is 475 g/mol. The van der Waals surface area contributed by atoms with Gasteiger partial charge in [0.15, 0.2) is 0 Å². The molecule has 0 radical (unpaired) electrons. The molecule has 1 aromatic rings. The molecule has 2 N–H and O–H groups in total. The lowest BCUT2D eigenvalue weighted by molar-refractivity contribution is -0.131. The van der Waals surface area contributed by atoms with Gasteiger partial charge in [0.05, 0.1) is 5.25 Å². The number of amides is 2. The highest BCUT2D eigenvalue weighted by Crippen LogP contribution is 2.33. The first-order valence-corrected chi connectivity index (χ1v) is 11.7. The van der Waals surface area contributed by atoms with Crippen LogP contribution in [0.1, 0.15) is 48.0 Å². The van der Waals surface area contributed by atoms with E-state index >= 15 is 0 Å². The Kier molecular flexibility index (Phi) is 13.7. The Bertz CT molecular complexity index is 757. The SMILES string of the molecule is CC(C)C.CNC(=O)[C@@H](NC(=O)CC(Sc1cc(Cl)cc(Cl)c1)C(N=O)N=O)C(C)(C)C. The van der Waals surface area contributed by atoms with Gasteiger partial charge in [-0.05, 0) is 39.9 Å². The maximum absolute atomic E-state index is 12.5. The molecule has 0 aliphatic rings. The average molecular weight is 507 g/mol. The first-order chi connectivity index (χ1) is 14.7. The van der Waals surface area contributed by atoms with Gasteiger partial charge in [-0.25, -0.2) is 0 Å². The van der Waals surface area contributed by atoms with Gasteiger partial charge in [0, 0.05) is 28.4 Å².